The van der Waals surface area contributed by atoms with Crippen molar-refractivity contribution in [2.24, 2.45) is 5.41 Å². The highest BCUT2D eigenvalue weighted by Gasteiger charge is 2.28. The number of nitrogen functional groups attached to an aromatic ring is 1. The number of thiazole rings is 1. The van der Waals surface area contributed by atoms with E-state index in [2.05, 4.69) is 18.8 Å². The molecule has 0 aromatic carbocycles. The molecule has 1 aliphatic carbocycles. The van der Waals surface area contributed by atoms with Gasteiger partial charge in [0.05, 0.1) is 6.20 Å². The van der Waals surface area contributed by atoms with E-state index in [1.54, 1.807) is 6.20 Å². The molecule has 1 aromatic rings. The van der Waals surface area contributed by atoms with Gasteiger partial charge in [0, 0.05) is 0 Å². The maximum atomic E-state index is 5.80. The van der Waals surface area contributed by atoms with Crippen LogP contribution in [0, 0.1) is 5.41 Å². The molecule has 0 bridgehead atoms. The van der Waals surface area contributed by atoms with Crippen LogP contribution in [0.1, 0.15) is 39.5 Å². The van der Waals surface area contributed by atoms with E-state index in [0.29, 0.717) is 11.5 Å². The van der Waals surface area contributed by atoms with Crippen LogP contribution in [0.15, 0.2) is 6.20 Å². The van der Waals surface area contributed by atoms with Gasteiger partial charge in [0.25, 0.3) is 5.19 Å². The molecular formula is C11H18N2OS. The lowest BCUT2D eigenvalue weighted by molar-refractivity contribution is 0.0985. The maximum Gasteiger partial charge on any atom is 0.275 e. The molecule has 1 fully saturated rings. The second kappa shape index (κ2) is 4.00. The van der Waals surface area contributed by atoms with Gasteiger partial charge in [-0.1, -0.05) is 25.2 Å². The Morgan fingerprint density at radius 1 is 1.47 bits per heavy atom. The minimum absolute atomic E-state index is 0.337. The van der Waals surface area contributed by atoms with Crippen LogP contribution in [0.3, 0.4) is 0 Å². The van der Waals surface area contributed by atoms with Gasteiger partial charge in [-0.25, -0.2) is 4.98 Å². The predicted molar refractivity (Wildman–Crippen MR) is 63.2 cm³/mol. The Balaban J connectivity index is 1.87. The van der Waals surface area contributed by atoms with Crippen molar-refractivity contribution < 1.29 is 4.74 Å². The van der Waals surface area contributed by atoms with Gasteiger partial charge in [-0.2, -0.15) is 0 Å². The topological polar surface area (TPSA) is 48.1 Å². The highest BCUT2D eigenvalue weighted by molar-refractivity contribution is 7.17. The van der Waals surface area contributed by atoms with E-state index < -0.39 is 0 Å². The number of nitrogens with two attached hydrogens (primary N) is 1. The number of aromatic nitrogens is 1. The van der Waals surface area contributed by atoms with Crippen molar-refractivity contribution in [3.05, 3.63) is 6.20 Å². The van der Waals surface area contributed by atoms with Crippen LogP contribution in [0.25, 0.3) is 0 Å². The smallest absolute Gasteiger partial charge is 0.275 e. The number of hydrogen-bond donors (Lipinski definition) is 1. The number of nitrogens with zero attached hydrogens (tertiary/aromatic N) is 1. The van der Waals surface area contributed by atoms with E-state index in [9.17, 15) is 0 Å². The molecule has 1 aromatic heterocycles. The van der Waals surface area contributed by atoms with Crippen LogP contribution >= 0.6 is 11.3 Å². The monoisotopic (exact) mass is 226 g/mol. The molecule has 3 nitrogen and oxygen atoms in total. The third-order valence-corrected chi connectivity index (χ3v) is 3.77. The molecule has 1 saturated carbocycles. The van der Waals surface area contributed by atoms with Crippen molar-refractivity contribution in [2.75, 3.05) is 5.73 Å². The molecule has 0 saturated heterocycles. The lowest BCUT2D eigenvalue weighted by atomic mass is 9.76. The van der Waals surface area contributed by atoms with Crippen molar-refractivity contribution in [2.45, 2.75) is 45.6 Å². The van der Waals surface area contributed by atoms with Crippen LogP contribution in [0.5, 0.6) is 5.19 Å². The van der Waals surface area contributed by atoms with Gasteiger partial charge in [0.15, 0.2) is 0 Å². The molecule has 1 heterocycles. The molecule has 2 rings (SSSR count). The zero-order valence-corrected chi connectivity index (χ0v) is 10.1. The Labute approximate surface area is 94.7 Å². The fraction of sp³-hybridized carbons (Fsp3) is 0.727. The molecule has 4 heteroatoms. The van der Waals surface area contributed by atoms with Gasteiger partial charge < -0.3 is 10.5 Å². The van der Waals surface area contributed by atoms with Crippen molar-refractivity contribution in [3.63, 3.8) is 0 Å². The van der Waals surface area contributed by atoms with E-state index in [1.165, 1.54) is 24.2 Å². The summed E-state index contributed by atoms with van der Waals surface area (Å²) < 4.78 is 5.80. The lowest BCUT2D eigenvalue weighted by Crippen LogP contribution is -2.28. The second-order valence-electron chi connectivity index (χ2n) is 5.01. The first kappa shape index (κ1) is 10.7. The standard InChI is InChI=1S/C11H18N2OS/c1-11(2)5-3-8(4-6-11)14-10-13-7-9(12)15-10/h7-8H,3-6,12H2,1-2H3. The van der Waals surface area contributed by atoms with E-state index in [4.69, 9.17) is 10.5 Å². The normalized spacial score (nSPS) is 21.5. The van der Waals surface area contributed by atoms with Crippen LogP contribution in [0.4, 0.5) is 5.00 Å². The van der Waals surface area contributed by atoms with Crippen molar-refractivity contribution in [1.82, 2.24) is 4.98 Å². The molecule has 0 aliphatic heterocycles. The van der Waals surface area contributed by atoms with E-state index in [0.717, 1.165) is 23.0 Å². The molecular weight excluding hydrogens is 208 g/mol. The lowest BCUT2D eigenvalue weighted by Gasteiger charge is -2.33. The summed E-state index contributed by atoms with van der Waals surface area (Å²) in [4.78, 5) is 4.12. The molecule has 2 N–H and O–H groups in total. The first-order chi connectivity index (χ1) is 7.05. The fourth-order valence-electron chi connectivity index (χ4n) is 1.96. The zero-order chi connectivity index (χ0) is 10.9. The van der Waals surface area contributed by atoms with Crippen LogP contribution in [-0.4, -0.2) is 11.1 Å². The fourth-order valence-corrected chi connectivity index (χ4v) is 2.55. The van der Waals surface area contributed by atoms with Gasteiger partial charge >= 0.3 is 0 Å². The maximum absolute atomic E-state index is 5.80. The third-order valence-electron chi connectivity index (χ3n) is 3.06. The van der Waals surface area contributed by atoms with Crippen molar-refractivity contribution in [3.8, 4) is 5.19 Å². The summed E-state index contributed by atoms with van der Waals surface area (Å²) in [6.07, 6.45) is 6.73. The minimum Gasteiger partial charge on any atom is -0.467 e. The summed E-state index contributed by atoms with van der Waals surface area (Å²) >= 11 is 1.43. The van der Waals surface area contributed by atoms with E-state index in [-0.39, 0.29) is 0 Å². The highest BCUT2D eigenvalue weighted by Crippen LogP contribution is 2.37. The van der Waals surface area contributed by atoms with E-state index in [1.807, 2.05) is 0 Å². The average molecular weight is 226 g/mol. The zero-order valence-electron chi connectivity index (χ0n) is 9.32. The molecule has 0 spiro atoms. The van der Waals surface area contributed by atoms with E-state index >= 15 is 0 Å². The number of hydrogen-bond acceptors (Lipinski definition) is 4. The minimum atomic E-state index is 0.337. The average Bonchev–Trinajstić information content (AvgIpc) is 2.55. The molecule has 1 aliphatic rings. The first-order valence-electron chi connectivity index (χ1n) is 5.43. The molecule has 84 valence electrons. The van der Waals surface area contributed by atoms with Gasteiger partial charge in [-0.05, 0) is 31.1 Å². The Kier molecular flexibility index (Phi) is 2.87. The summed E-state index contributed by atoms with van der Waals surface area (Å²) in [6, 6.07) is 0. The number of ether oxygens (including phenoxy) is 1. The Hall–Kier alpha value is -0.770. The summed E-state index contributed by atoms with van der Waals surface area (Å²) in [6.45, 7) is 4.65. The molecule has 0 amide bonds. The summed E-state index contributed by atoms with van der Waals surface area (Å²) in [5.41, 5.74) is 6.09. The van der Waals surface area contributed by atoms with Gasteiger partial charge in [0.1, 0.15) is 11.1 Å². The molecule has 15 heavy (non-hydrogen) atoms. The Morgan fingerprint density at radius 3 is 2.67 bits per heavy atom. The van der Waals surface area contributed by atoms with Gasteiger partial charge in [0.2, 0.25) is 0 Å². The summed E-state index contributed by atoms with van der Waals surface area (Å²) in [5, 5.41) is 1.44. The first-order valence-corrected chi connectivity index (χ1v) is 6.25. The van der Waals surface area contributed by atoms with Crippen LogP contribution in [-0.2, 0) is 0 Å². The Morgan fingerprint density at radius 2 is 2.13 bits per heavy atom. The third kappa shape index (κ3) is 2.84. The van der Waals surface area contributed by atoms with Crippen molar-refractivity contribution in [1.29, 1.82) is 0 Å². The molecule has 0 unspecified atom stereocenters. The summed E-state index contributed by atoms with van der Waals surface area (Å²) in [7, 11) is 0. The van der Waals surface area contributed by atoms with Gasteiger partial charge in [-0.15, -0.1) is 0 Å². The molecule has 0 atom stereocenters. The summed E-state index contributed by atoms with van der Waals surface area (Å²) in [5.74, 6) is 0. The van der Waals surface area contributed by atoms with Crippen molar-refractivity contribution >= 4 is 16.3 Å². The quantitative estimate of drug-likeness (QED) is 0.843. The van der Waals surface area contributed by atoms with Crippen LogP contribution < -0.4 is 10.5 Å². The number of anilines is 1. The van der Waals surface area contributed by atoms with Crippen LogP contribution in [0.2, 0.25) is 0 Å². The highest BCUT2D eigenvalue weighted by atomic mass is 32.1. The second-order valence-corrected chi connectivity index (χ2v) is 6.03. The Bertz CT molecular complexity index is 325. The number of rotatable bonds is 2. The SMILES string of the molecule is CC1(C)CCC(Oc2ncc(N)s2)CC1. The van der Waals surface area contributed by atoms with Gasteiger partial charge in [-0.3, -0.25) is 0 Å². The largest absolute Gasteiger partial charge is 0.467 e. The molecule has 0 radical (unpaired) electrons. The predicted octanol–water partition coefficient (Wildman–Crippen LogP) is 3.07.